The molecule has 0 bridgehead atoms. The van der Waals surface area contributed by atoms with Crippen LogP contribution < -0.4 is 5.73 Å². The van der Waals surface area contributed by atoms with Crippen molar-refractivity contribution in [1.29, 1.82) is 0 Å². The largest absolute Gasteiger partial charge is 0.324 e. The number of halogens is 1. The fourth-order valence-electron chi connectivity index (χ4n) is 2.27. The van der Waals surface area contributed by atoms with E-state index in [1.807, 2.05) is 18.2 Å². The van der Waals surface area contributed by atoms with Crippen LogP contribution in [-0.2, 0) is 6.42 Å². The molecule has 2 rings (SSSR count). The van der Waals surface area contributed by atoms with Crippen LogP contribution in [0.15, 0.2) is 42.5 Å². The fourth-order valence-corrected chi connectivity index (χ4v) is 2.48. The molecule has 0 fully saturated rings. The van der Waals surface area contributed by atoms with Crippen LogP contribution in [0.3, 0.4) is 0 Å². The lowest BCUT2D eigenvalue weighted by Gasteiger charge is -2.15. The maximum absolute atomic E-state index is 6.28. The van der Waals surface area contributed by atoms with Gasteiger partial charge in [0, 0.05) is 11.1 Å². The summed E-state index contributed by atoms with van der Waals surface area (Å²) in [7, 11) is 0. The van der Waals surface area contributed by atoms with Crippen molar-refractivity contribution in [2.45, 2.75) is 26.3 Å². The smallest absolute Gasteiger partial charge is 0.0408 e. The van der Waals surface area contributed by atoms with Gasteiger partial charge in [-0.1, -0.05) is 47.5 Å². The Bertz CT molecular complexity index is 549. The number of hydrogen-bond acceptors (Lipinski definition) is 1. The van der Waals surface area contributed by atoms with E-state index in [0.717, 1.165) is 11.4 Å². The van der Waals surface area contributed by atoms with E-state index in [0.29, 0.717) is 0 Å². The summed E-state index contributed by atoms with van der Waals surface area (Å²) in [4.78, 5) is 0. The summed E-state index contributed by atoms with van der Waals surface area (Å²) in [6.07, 6.45) is 0.810. The highest BCUT2D eigenvalue weighted by molar-refractivity contribution is 6.30. The summed E-state index contributed by atoms with van der Waals surface area (Å²) in [5, 5.41) is 0.764. The van der Waals surface area contributed by atoms with Crippen LogP contribution in [0.1, 0.15) is 28.3 Å². The van der Waals surface area contributed by atoms with Crippen LogP contribution in [0.4, 0.5) is 0 Å². The highest BCUT2D eigenvalue weighted by atomic mass is 35.5. The van der Waals surface area contributed by atoms with Crippen molar-refractivity contribution < 1.29 is 0 Å². The molecule has 1 unspecified atom stereocenters. The highest BCUT2D eigenvalue weighted by Crippen LogP contribution is 2.22. The summed E-state index contributed by atoms with van der Waals surface area (Å²) >= 11 is 5.99. The highest BCUT2D eigenvalue weighted by Gasteiger charge is 2.10. The van der Waals surface area contributed by atoms with Gasteiger partial charge in [0.15, 0.2) is 0 Å². The van der Waals surface area contributed by atoms with Gasteiger partial charge in [-0.05, 0) is 49.1 Å². The van der Waals surface area contributed by atoms with Crippen LogP contribution >= 0.6 is 11.6 Å². The maximum Gasteiger partial charge on any atom is 0.0408 e. The first-order valence-electron chi connectivity index (χ1n) is 6.13. The zero-order valence-electron chi connectivity index (χ0n) is 10.8. The van der Waals surface area contributed by atoms with Crippen LogP contribution in [-0.4, -0.2) is 0 Å². The maximum atomic E-state index is 6.28. The molecule has 0 aliphatic heterocycles. The van der Waals surface area contributed by atoms with Gasteiger partial charge >= 0.3 is 0 Å². The Morgan fingerprint density at radius 2 is 1.89 bits per heavy atom. The molecule has 18 heavy (non-hydrogen) atoms. The van der Waals surface area contributed by atoms with Crippen molar-refractivity contribution >= 4 is 11.6 Å². The summed E-state index contributed by atoms with van der Waals surface area (Å²) in [6.45, 7) is 4.21. The summed E-state index contributed by atoms with van der Waals surface area (Å²) < 4.78 is 0. The second-order valence-corrected chi connectivity index (χ2v) is 5.24. The normalized spacial score (nSPS) is 12.4. The van der Waals surface area contributed by atoms with Gasteiger partial charge in [0.05, 0.1) is 0 Å². The lowest BCUT2D eigenvalue weighted by Crippen LogP contribution is -2.14. The quantitative estimate of drug-likeness (QED) is 0.878. The molecule has 2 N–H and O–H groups in total. The molecule has 0 spiro atoms. The van der Waals surface area contributed by atoms with E-state index in [2.05, 4.69) is 38.1 Å². The molecule has 0 aliphatic carbocycles. The second kappa shape index (κ2) is 5.55. The van der Waals surface area contributed by atoms with Crippen LogP contribution in [0.25, 0.3) is 0 Å². The molecule has 0 aliphatic rings. The number of benzene rings is 2. The van der Waals surface area contributed by atoms with E-state index in [-0.39, 0.29) is 6.04 Å². The van der Waals surface area contributed by atoms with Gasteiger partial charge in [0.2, 0.25) is 0 Å². The topological polar surface area (TPSA) is 26.0 Å². The molecule has 2 aromatic rings. The predicted molar refractivity (Wildman–Crippen MR) is 78.0 cm³/mol. The monoisotopic (exact) mass is 259 g/mol. The van der Waals surface area contributed by atoms with E-state index in [1.54, 1.807) is 0 Å². The van der Waals surface area contributed by atoms with Crippen molar-refractivity contribution in [3.63, 3.8) is 0 Å². The Kier molecular flexibility index (Phi) is 4.05. The average molecular weight is 260 g/mol. The van der Waals surface area contributed by atoms with Gasteiger partial charge in [-0.15, -0.1) is 0 Å². The Morgan fingerprint density at radius 3 is 2.56 bits per heavy atom. The van der Waals surface area contributed by atoms with Gasteiger partial charge in [-0.3, -0.25) is 0 Å². The molecule has 0 amide bonds. The molecular formula is C16H18ClN. The van der Waals surface area contributed by atoms with Crippen LogP contribution in [0.2, 0.25) is 5.02 Å². The minimum atomic E-state index is 0.0177. The second-order valence-electron chi connectivity index (χ2n) is 4.80. The molecule has 2 aromatic carbocycles. The zero-order valence-corrected chi connectivity index (χ0v) is 11.5. The van der Waals surface area contributed by atoms with Crippen molar-refractivity contribution in [3.05, 3.63) is 69.7 Å². The van der Waals surface area contributed by atoms with Gasteiger partial charge in [-0.25, -0.2) is 0 Å². The summed E-state index contributed by atoms with van der Waals surface area (Å²) in [6, 6.07) is 14.3. The lowest BCUT2D eigenvalue weighted by molar-refractivity contribution is 0.716. The van der Waals surface area contributed by atoms with Crippen LogP contribution in [0, 0.1) is 13.8 Å². The van der Waals surface area contributed by atoms with Crippen molar-refractivity contribution in [2.75, 3.05) is 0 Å². The van der Waals surface area contributed by atoms with Crippen LogP contribution in [0.5, 0.6) is 0 Å². The first-order chi connectivity index (χ1) is 8.56. The van der Waals surface area contributed by atoms with Crippen molar-refractivity contribution in [3.8, 4) is 0 Å². The Morgan fingerprint density at radius 1 is 1.11 bits per heavy atom. The molecule has 94 valence electrons. The Balaban J connectivity index is 2.19. The third kappa shape index (κ3) is 3.12. The first-order valence-corrected chi connectivity index (χ1v) is 6.51. The summed E-state index contributed by atoms with van der Waals surface area (Å²) in [5.41, 5.74) is 11.2. The summed E-state index contributed by atoms with van der Waals surface area (Å²) in [5.74, 6) is 0. The third-order valence-electron chi connectivity index (χ3n) is 3.17. The molecule has 0 radical (unpaired) electrons. The van der Waals surface area contributed by atoms with E-state index in [4.69, 9.17) is 17.3 Å². The van der Waals surface area contributed by atoms with Crippen molar-refractivity contribution in [2.24, 2.45) is 5.73 Å². The van der Waals surface area contributed by atoms with E-state index < -0.39 is 0 Å². The van der Waals surface area contributed by atoms with Gasteiger partial charge < -0.3 is 5.73 Å². The number of rotatable bonds is 3. The standard InChI is InChI=1S/C16H18ClN/c1-11-6-7-15(12(2)8-11)16(18)10-13-4-3-5-14(17)9-13/h3-9,16H,10,18H2,1-2H3. The SMILES string of the molecule is Cc1ccc(C(N)Cc2cccc(Cl)c2)c(C)c1. The van der Waals surface area contributed by atoms with Gasteiger partial charge in [0.25, 0.3) is 0 Å². The minimum Gasteiger partial charge on any atom is -0.324 e. The Hall–Kier alpha value is -1.31. The number of aryl methyl sites for hydroxylation is 2. The average Bonchev–Trinajstić information content (AvgIpc) is 2.28. The molecule has 2 heteroatoms. The molecule has 0 saturated heterocycles. The predicted octanol–water partition coefficient (Wildman–Crippen LogP) is 4.20. The zero-order chi connectivity index (χ0) is 13.1. The minimum absolute atomic E-state index is 0.0177. The molecular weight excluding hydrogens is 242 g/mol. The van der Waals surface area contributed by atoms with E-state index in [1.165, 1.54) is 22.3 Å². The van der Waals surface area contributed by atoms with E-state index in [9.17, 15) is 0 Å². The van der Waals surface area contributed by atoms with Gasteiger partial charge in [0.1, 0.15) is 0 Å². The Labute approximate surface area is 114 Å². The molecule has 0 heterocycles. The lowest BCUT2D eigenvalue weighted by atomic mass is 9.95. The fraction of sp³-hybridized carbons (Fsp3) is 0.250. The third-order valence-corrected chi connectivity index (χ3v) is 3.40. The molecule has 0 saturated carbocycles. The van der Waals surface area contributed by atoms with E-state index >= 15 is 0 Å². The number of hydrogen-bond donors (Lipinski definition) is 1. The molecule has 1 nitrogen and oxygen atoms in total. The van der Waals surface area contributed by atoms with Crippen molar-refractivity contribution in [1.82, 2.24) is 0 Å². The first kappa shape index (κ1) is 13.1. The van der Waals surface area contributed by atoms with Gasteiger partial charge in [-0.2, -0.15) is 0 Å². The number of nitrogens with two attached hydrogens (primary N) is 1. The molecule has 1 atom stereocenters. The molecule has 0 aromatic heterocycles.